The molecule has 0 aliphatic carbocycles. The average molecular weight is 308 g/mol. The first-order chi connectivity index (χ1) is 10.4. The van der Waals surface area contributed by atoms with E-state index < -0.39 is 11.7 Å². The number of nitrogens with one attached hydrogen (secondary N) is 1. The molecular weight excluding hydrogens is 293 g/mol. The quantitative estimate of drug-likeness (QED) is 0.930. The maximum absolute atomic E-state index is 12.5. The van der Waals surface area contributed by atoms with Crippen LogP contribution in [-0.4, -0.2) is 17.4 Å². The van der Waals surface area contributed by atoms with Crippen molar-refractivity contribution in [2.45, 2.75) is 19.5 Å². The summed E-state index contributed by atoms with van der Waals surface area (Å²) in [6, 6.07) is 7.97. The van der Waals surface area contributed by atoms with Crippen molar-refractivity contribution in [2.75, 3.05) is 6.54 Å². The van der Waals surface area contributed by atoms with Crippen LogP contribution in [0.15, 0.2) is 42.6 Å². The lowest BCUT2D eigenvalue weighted by atomic mass is 10.1. The summed E-state index contributed by atoms with van der Waals surface area (Å²) < 4.78 is 37.5. The van der Waals surface area contributed by atoms with Crippen molar-refractivity contribution in [1.29, 1.82) is 0 Å². The van der Waals surface area contributed by atoms with Crippen LogP contribution in [0.1, 0.15) is 29.3 Å². The smallest absolute Gasteiger partial charge is 0.352 e. The number of hydrogen-bond acceptors (Lipinski definition) is 2. The number of pyridine rings is 1. The lowest BCUT2D eigenvalue weighted by molar-refractivity contribution is -0.137. The molecule has 0 spiro atoms. The van der Waals surface area contributed by atoms with Gasteiger partial charge in [0, 0.05) is 18.3 Å². The van der Waals surface area contributed by atoms with E-state index in [4.69, 9.17) is 0 Å². The number of nitrogens with zero attached hydrogens (tertiary/aromatic N) is 1. The normalized spacial score (nSPS) is 11.3. The number of benzene rings is 1. The molecule has 1 aromatic heterocycles. The monoisotopic (exact) mass is 308 g/mol. The van der Waals surface area contributed by atoms with Crippen LogP contribution >= 0.6 is 0 Å². The highest BCUT2D eigenvalue weighted by Crippen LogP contribution is 2.30. The number of aromatic nitrogens is 1. The van der Waals surface area contributed by atoms with Gasteiger partial charge in [0.2, 0.25) is 0 Å². The number of amides is 1. The standard InChI is InChI=1S/C16H15F3N2O/c1-2-9-20-15(22)12-5-8-14(21-10-12)11-3-6-13(7-4-11)16(17,18)19/h3-8,10H,2,9H2,1H3,(H,20,22). The lowest BCUT2D eigenvalue weighted by Gasteiger charge is -2.08. The molecule has 1 heterocycles. The van der Waals surface area contributed by atoms with Crippen LogP contribution in [-0.2, 0) is 6.18 Å². The Balaban J connectivity index is 2.15. The highest BCUT2D eigenvalue weighted by atomic mass is 19.4. The number of hydrogen-bond donors (Lipinski definition) is 1. The van der Waals surface area contributed by atoms with E-state index in [-0.39, 0.29) is 5.91 Å². The third kappa shape index (κ3) is 3.84. The molecule has 0 aliphatic heterocycles. The first-order valence-corrected chi connectivity index (χ1v) is 6.83. The van der Waals surface area contributed by atoms with Crippen molar-refractivity contribution >= 4 is 5.91 Å². The fourth-order valence-electron chi connectivity index (χ4n) is 1.87. The average Bonchev–Trinajstić information content (AvgIpc) is 2.52. The molecule has 0 radical (unpaired) electrons. The van der Waals surface area contributed by atoms with Crippen LogP contribution in [0.5, 0.6) is 0 Å². The van der Waals surface area contributed by atoms with E-state index in [1.54, 1.807) is 12.1 Å². The predicted octanol–water partition coefficient (Wildman–Crippen LogP) is 3.91. The third-order valence-electron chi connectivity index (χ3n) is 3.07. The van der Waals surface area contributed by atoms with Crippen molar-refractivity contribution in [3.05, 3.63) is 53.7 Å². The molecule has 2 rings (SSSR count). The molecule has 0 fully saturated rings. The zero-order valence-corrected chi connectivity index (χ0v) is 11.9. The molecule has 1 aromatic carbocycles. The molecule has 1 N–H and O–H groups in total. The zero-order chi connectivity index (χ0) is 16.2. The van der Waals surface area contributed by atoms with Gasteiger partial charge in [-0.25, -0.2) is 0 Å². The predicted molar refractivity (Wildman–Crippen MR) is 77.3 cm³/mol. The van der Waals surface area contributed by atoms with Crippen LogP contribution in [0.4, 0.5) is 13.2 Å². The second-order valence-corrected chi connectivity index (χ2v) is 4.76. The van der Waals surface area contributed by atoms with E-state index in [1.165, 1.54) is 18.3 Å². The SMILES string of the molecule is CCCNC(=O)c1ccc(-c2ccc(C(F)(F)F)cc2)nc1. The summed E-state index contributed by atoms with van der Waals surface area (Å²) in [5, 5.41) is 2.73. The molecule has 0 bridgehead atoms. The summed E-state index contributed by atoms with van der Waals surface area (Å²) >= 11 is 0. The Kier molecular flexibility index (Phi) is 4.80. The summed E-state index contributed by atoms with van der Waals surface area (Å²) in [5.74, 6) is -0.215. The molecule has 3 nitrogen and oxygen atoms in total. The summed E-state index contributed by atoms with van der Waals surface area (Å²) in [6.45, 7) is 2.53. The topological polar surface area (TPSA) is 42.0 Å². The minimum atomic E-state index is -4.35. The van der Waals surface area contributed by atoms with Crippen LogP contribution < -0.4 is 5.32 Å². The van der Waals surface area contributed by atoms with Crippen molar-refractivity contribution in [3.63, 3.8) is 0 Å². The van der Waals surface area contributed by atoms with Crippen molar-refractivity contribution in [1.82, 2.24) is 10.3 Å². The molecule has 0 saturated carbocycles. The molecule has 0 saturated heterocycles. The number of carbonyl (C=O) groups excluding carboxylic acids is 1. The van der Waals surface area contributed by atoms with Gasteiger partial charge in [0.05, 0.1) is 16.8 Å². The number of alkyl halides is 3. The number of carbonyl (C=O) groups is 1. The molecule has 0 aliphatic rings. The van der Waals surface area contributed by atoms with E-state index in [9.17, 15) is 18.0 Å². The Labute approximate surface area is 126 Å². The Bertz CT molecular complexity index is 634. The van der Waals surface area contributed by atoms with Gasteiger partial charge in [0.25, 0.3) is 5.91 Å². The first kappa shape index (κ1) is 16.0. The van der Waals surface area contributed by atoms with Gasteiger partial charge in [-0.1, -0.05) is 19.1 Å². The molecular formula is C16H15F3N2O. The number of rotatable bonds is 4. The van der Waals surface area contributed by atoms with Gasteiger partial charge in [-0.3, -0.25) is 9.78 Å². The highest BCUT2D eigenvalue weighted by molar-refractivity contribution is 5.94. The molecule has 0 unspecified atom stereocenters. The largest absolute Gasteiger partial charge is 0.416 e. The van der Waals surface area contributed by atoms with Crippen molar-refractivity contribution in [2.24, 2.45) is 0 Å². The second kappa shape index (κ2) is 6.60. The maximum atomic E-state index is 12.5. The lowest BCUT2D eigenvalue weighted by Crippen LogP contribution is -2.23. The fourth-order valence-corrected chi connectivity index (χ4v) is 1.87. The van der Waals surface area contributed by atoms with Crippen molar-refractivity contribution < 1.29 is 18.0 Å². The fraction of sp³-hybridized carbons (Fsp3) is 0.250. The molecule has 1 amide bonds. The summed E-state index contributed by atoms with van der Waals surface area (Å²) in [5.41, 5.74) is 0.796. The Morgan fingerprint density at radius 1 is 1.14 bits per heavy atom. The van der Waals surface area contributed by atoms with E-state index in [0.717, 1.165) is 18.6 Å². The molecule has 116 valence electrons. The first-order valence-electron chi connectivity index (χ1n) is 6.83. The zero-order valence-electron chi connectivity index (χ0n) is 11.9. The Morgan fingerprint density at radius 2 is 1.82 bits per heavy atom. The van der Waals surface area contributed by atoms with Gasteiger partial charge in [0.15, 0.2) is 0 Å². The molecule has 0 atom stereocenters. The van der Waals surface area contributed by atoms with Gasteiger partial charge in [-0.05, 0) is 30.7 Å². The highest BCUT2D eigenvalue weighted by Gasteiger charge is 2.29. The molecule has 22 heavy (non-hydrogen) atoms. The van der Waals surface area contributed by atoms with Crippen LogP contribution in [0, 0.1) is 0 Å². The summed E-state index contributed by atoms with van der Waals surface area (Å²) in [4.78, 5) is 15.9. The van der Waals surface area contributed by atoms with E-state index in [1.807, 2.05) is 6.92 Å². The van der Waals surface area contributed by atoms with Crippen LogP contribution in [0.2, 0.25) is 0 Å². The maximum Gasteiger partial charge on any atom is 0.416 e. The minimum Gasteiger partial charge on any atom is -0.352 e. The molecule has 6 heteroatoms. The number of halogens is 3. The summed E-state index contributed by atoms with van der Waals surface area (Å²) in [6.07, 6.45) is -2.10. The van der Waals surface area contributed by atoms with E-state index >= 15 is 0 Å². The van der Waals surface area contributed by atoms with Gasteiger partial charge in [0.1, 0.15) is 0 Å². The van der Waals surface area contributed by atoms with Gasteiger partial charge in [-0.2, -0.15) is 13.2 Å². The van der Waals surface area contributed by atoms with Gasteiger partial charge in [-0.15, -0.1) is 0 Å². The Morgan fingerprint density at radius 3 is 2.32 bits per heavy atom. The van der Waals surface area contributed by atoms with Crippen LogP contribution in [0.25, 0.3) is 11.3 Å². The minimum absolute atomic E-state index is 0.215. The second-order valence-electron chi connectivity index (χ2n) is 4.76. The Hall–Kier alpha value is -2.37. The summed E-state index contributed by atoms with van der Waals surface area (Å²) in [7, 11) is 0. The van der Waals surface area contributed by atoms with Crippen LogP contribution in [0.3, 0.4) is 0 Å². The molecule has 2 aromatic rings. The van der Waals surface area contributed by atoms with E-state index in [0.29, 0.717) is 23.4 Å². The van der Waals surface area contributed by atoms with Gasteiger partial charge < -0.3 is 5.32 Å². The third-order valence-corrected chi connectivity index (χ3v) is 3.07. The van der Waals surface area contributed by atoms with Gasteiger partial charge >= 0.3 is 6.18 Å². The van der Waals surface area contributed by atoms with E-state index in [2.05, 4.69) is 10.3 Å². The van der Waals surface area contributed by atoms with Crippen molar-refractivity contribution in [3.8, 4) is 11.3 Å².